The first-order chi connectivity index (χ1) is 11.8. The number of nitro benzene ring substituents is 1. The van der Waals surface area contributed by atoms with Gasteiger partial charge in [-0.15, -0.1) is 0 Å². The van der Waals surface area contributed by atoms with E-state index in [1.54, 1.807) is 25.1 Å². The summed E-state index contributed by atoms with van der Waals surface area (Å²) in [6.45, 7) is 3.12. The highest BCUT2D eigenvalue weighted by atomic mass is 35.5. The summed E-state index contributed by atoms with van der Waals surface area (Å²) in [6, 6.07) is 4.98. The lowest BCUT2D eigenvalue weighted by molar-refractivity contribution is -0.386. The molecule has 0 fully saturated rings. The van der Waals surface area contributed by atoms with Crippen molar-refractivity contribution in [3.63, 3.8) is 0 Å². The molecule has 1 aromatic heterocycles. The molecule has 3 N–H and O–H groups in total. The minimum atomic E-state index is -0.677. The molecule has 25 heavy (non-hydrogen) atoms. The maximum atomic E-state index is 11.3. The van der Waals surface area contributed by atoms with Crippen molar-refractivity contribution in [3.05, 3.63) is 60.5 Å². The van der Waals surface area contributed by atoms with Gasteiger partial charge in [0.2, 0.25) is 5.75 Å². The van der Waals surface area contributed by atoms with Crippen molar-refractivity contribution in [3.8, 4) is 5.75 Å². The van der Waals surface area contributed by atoms with Crippen molar-refractivity contribution >= 4 is 40.2 Å². The summed E-state index contributed by atoms with van der Waals surface area (Å²) in [5.41, 5.74) is 1.80. The molecule has 0 saturated heterocycles. The Kier molecular flexibility index (Phi) is 4.05. The van der Waals surface area contributed by atoms with Gasteiger partial charge in [-0.3, -0.25) is 15.1 Å². The number of nitro groups is 1. The molecule has 8 nitrogen and oxygen atoms in total. The van der Waals surface area contributed by atoms with Crippen molar-refractivity contribution in [2.45, 2.75) is 13.8 Å². The van der Waals surface area contributed by atoms with Gasteiger partial charge >= 0.3 is 11.4 Å². The van der Waals surface area contributed by atoms with Gasteiger partial charge in [-0.2, -0.15) is 0 Å². The molecule has 0 aliphatic rings. The van der Waals surface area contributed by atoms with Gasteiger partial charge in [0.05, 0.1) is 26.7 Å². The van der Waals surface area contributed by atoms with Crippen LogP contribution < -0.4 is 5.69 Å². The number of phenolic OH excluding ortho intramolecular Hbond substituents is 1. The highest BCUT2D eigenvalue weighted by Crippen LogP contribution is 2.40. The maximum Gasteiger partial charge on any atom is 0.323 e. The molecule has 0 aliphatic carbocycles. The molecule has 3 rings (SSSR count). The number of rotatable bonds is 3. The average Bonchev–Trinajstić information content (AvgIpc) is 2.91. The van der Waals surface area contributed by atoms with Gasteiger partial charge in [0.1, 0.15) is 0 Å². The smallest absolute Gasteiger partial charge is 0.323 e. The number of aromatic nitrogens is 2. The highest BCUT2D eigenvalue weighted by Gasteiger charge is 2.25. The van der Waals surface area contributed by atoms with Crippen molar-refractivity contribution in [2.24, 2.45) is 4.99 Å². The molecule has 0 amide bonds. The number of nitrogens with one attached hydrogen (secondary N) is 2. The molecular formula is C16H13ClN4O4. The number of nitrogens with zero attached hydrogens (tertiary/aromatic N) is 2. The summed E-state index contributed by atoms with van der Waals surface area (Å²) < 4.78 is 0. The number of aromatic amines is 2. The number of halogens is 1. The van der Waals surface area contributed by atoms with Gasteiger partial charge in [-0.05, 0) is 37.6 Å². The molecule has 128 valence electrons. The van der Waals surface area contributed by atoms with E-state index in [0.717, 1.165) is 0 Å². The molecule has 0 atom stereocenters. The van der Waals surface area contributed by atoms with Crippen molar-refractivity contribution in [1.82, 2.24) is 9.97 Å². The first-order valence-corrected chi connectivity index (χ1v) is 7.59. The highest BCUT2D eigenvalue weighted by molar-refractivity contribution is 6.33. The Morgan fingerprint density at radius 1 is 1.24 bits per heavy atom. The van der Waals surface area contributed by atoms with Crippen LogP contribution in [0.4, 0.5) is 11.4 Å². The van der Waals surface area contributed by atoms with Gasteiger partial charge < -0.3 is 15.1 Å². The van der Waals surface area contributed by atoms with Crippen LogP contribution in [-0.2, 0) is 0 Å². The Bertz CT molecular complexity index is 1100. The van der Waals surface area contributed by atoms with Crippen molar-refractivity contribution < 1.29 is 10.0 Å². The molecule has 0 aliphatic heterocycles. The average molecular weight is 361 g/mol. The molecule has 3 aromatic rings. The van der Waals surface area contributed by atoms with Crippen LogP contribution in [0, 0.1) is 24.0 Å². The normalized spacial score (nSPS) is 11.5. The molecule has 0 bridgehead atoms. The number of hydrogen-bond donors (Lipinski definition) is 3. The van der Waals surface area contributed by atoms with Crippen LogP contribution in [0.3, 0.4) is 0 Å². The second-order valence-electron chi connectivity index (χ2n) is 5.50. The number of benzene rings is 2. The number of H-pyrrole nitrogens is 2. The largest absolute Gasteiger partial charge is 0.502 e. The Labute approximate surface area is 146 Å². The number of fused-ring (bicyclic) bond motifs is 1. The van der Waals surface area contributed by atoms with Crippen LogP contribution in [0.1, 0.15) is 16.7 Å². The SMILES string of the molecule is Cc1c(Cl)c(C)c([N+](=O)[O-])c(O)c1C=Nc1ccc2[nH]c(=O)[nH]c2c1. The third-order valence-corrected chi connectivity index (χ3v) is 4.49. The van der Waals surface area contributed by atoms with E-state index < -0.39 is 16.4 Å². The molecular weight excluding hydrogens is 348 g/mol. The fraction of sp³-hybridized carbons (Fsp3) is 0.125. The summed E-state index contributed by atoms with van der Waals surface area (Å²) in [5, 5.41) is 21.6. The summed E-state index contributed by atoms with van der Waals surface area (Å²) in [4.78, 5) is 31.2. The van der Waals surface area contributed by atoms with E-state index in [1.807, 2.05) is 0 Å². The van der Waals surface area contributed by atoms with Gasteiger partial charge in [-0.25, -0.2) is 4.79 Å². The molecule has 0 radical (unpaired) electrons. The van der Waals surface area contributed by atoms with Crippen LogP contribution in [0.25, 0.3) is 11.0 Å². The molecule has 0 saturated carbocycles. The zero-order valence-electron chi connectivity index (χ0n) is 13.3. The van der Waals surface area contributed by atoms with Crippen LogP contribution in [0.2, 0.25) is 5.02 Å². The summed E-state index contributed by atoms with van der Waals surface area (Å²) in [5.74, 6) is -0.482. The van der Waals surface area contributed by atoms with E-state index in [4.69, 9.17) is 11.6 Å². The van der Waals surface area contributed by atoms with Crippen LogP contribution in [-0.4, -0.2) is 26.2 Å². The Morgan fingerprint density at radius 2 is 1.92 bits per heavy atom. The third-order valence-electron chi connectivity index (χ3n) is 3.92. The quantitative estimate of drug-likeness (QED) is 0.375. The molecule has 9 heteroatoms. The first-order valence-electron chi connectivity index (χ1n) is 7.21. The lowest BCUT2D eigenvalue weighted by Crippen LogP contribution is -2.00. The molecule has 0 unspecified atom stereocenters. The fourth-order valence-corrected chi connectivity index (χ4v) is 2.80. The Hall–Kier alpha value is -3.13. The predicted octanol–water partition coefficient (Wildman–Crippen LogP) is 3.49. The van der Waals surface area contributed by atoms with Gasteiger partial charge in [0.15, 0.2) is 0 Å². The second-order valence-corrected chi connectivity index (χ2v) is 5.88. The van der Waals surface area contributed by atoms with Crippen LogP contribution in [0.15, 0.2) is 28.0 Å². The van der Waals surface area contributed by atoms with Gasteiger partial charge in [0, 0.05) is 17.3 Å². The number of aromatic hydroxyl groups is 1. The molecule has 0 spiro atoms. The third kappa shape index (κ3) is 2.87. The minimum absolute atomic E-state index is 0.171. The number of phenols is 1. The van der Waals surface area contributed by atoms with E-state index in [0.29, 0.717) is 22.3 Å². The van der Waals surface area contributed by atoms with Crippen molar-refractivity contribution in [2.75, 3.05) is 0 Å². The topological polar surface area (TPSA) is 124 Å². The second kappa shape index (κ2) is 6.06. The summed E-state index contributed by atoms with van der Waals surface area (Å²) in [7, 11) is 0. The summed E-state index contributed by atoms with van der Waals surface area (Å²) >= 11 is 6.15. The number of imidazole rings is 1. The lowest BCUT2D eigenvalue weighted by Gasteiger charge is -2.10. The van der Waals surface area contributed by atoms with E-state index in [1.165, 1.54) is 13.1 Å². The van der Waals surface area contributed by atoms with E-state index in [9.17, 15) is 20.0 Å². The molecule has 2 aromatic carbocycles. The van der Waals surface area contributed by atoms with Gasteiger partial charge in [0.25, 0.3) is 0 Å². The van der Waals surface area contributed by atoms with E-state index in [-0.39, 0.29) is 21.8 Å². The first kappa shape index (κ1) is 16.7. The van der Waals surface area contributed by atoms with Crippen molar-refractivity contribution in [1.29, 1.82) is 0 Å². The zero-order chi connectivity index (χ0) is 18.3. The van der Waals surface area contributed by atoms with Crippen LogP contribution >= 0.6 is 11.6 Å². The monoisotopic (exact) mass is 360 g/mol. The Balaban J connectivity index is 2.11. The Morgan fingerprint density at radius 3 is 2.60 bits per heavy atom. The summed E-state index contributed by atoms with van der Waals surface area (Å²) in [6.07, 6.45) is 1.31. The maximum absolute atomic E-state index is 11.3. The van der Waals surface area contributed by atoms with E-state index in [2.05, 4.69) is 15.0 Å². The molecule has 1 heterocycles. The van der Waals surface area contributed by atoms with Crippen LogP contribution in [0.5, 0.6) is 5.75 Å². The standard InChI is InChI=1S/C16H13ClN4O4/c1-7-10(15(22)14(21(24)25)8(2)13(7)17)6-18-9-3-4-11-12(5-9)20-16(23)19-11/h3-6,22H,1-2H3,(H2,19,20,23). The number of aliphatic imine (C=N–C) groups is 1. The minimum Gasteiger partial charge on any atom is -0.502 e. The fourth-order valence-electron chi connectivity index (χ4n) is 2.61. The zero-order valence-corrected chi connectivity index (χ0v) is 14.0. The van der Waals surface area contributed by atoms with E-state index >= 15 is 0 Å². The predicted molar refractivity (Wildman–Crippen MR) is 95.4 cm³/mol. The lowest BCUT2D eigenvalue weighted by atomic mass is 10.0. The van der Waals surface area contributed by atoms with Gasteiger partial charge in [-0.1, -0.05) is 11.6 Å². The number of hydrogen-bond acceptors (Lipinski definition) is 5.